The maximum atomic E-state index is 3.51. The molecule has 1 aromatic carbocycles. The summed E-state index contributed by atoms with van der Waals surface area (Å²) in [5, 5.41) is 3.51. The van der Waals surface area contributed by atoms with Crippen molar-refractivity contribution in [1.29, 1.82) is 0 Å². The van der Waals surface area contributed by atoms with Gasteiger partial charge in [0.2, 0.25) is 0 Å². The molecule has 0 saturated carbocycles. The Labute approximate surface area is 125 Å². The Morgan fingerprint density at radius 2 is 1.75 bits per heavy atom. The van der Waals surface area contributed by atoms with Crippen molar-refractivity contribution in [1.82, 2.24) is 15.1 Å². The van der Waals surface area contributed by atoms with E-state index in [1.54, 1.807) is 0 Å². The highest BCUT2D eigenvalue weighted by Crippen LogP contribution is 2.22. The molecule has 0 bridgehead atoms. The summed E-state index contributed by atoms with van der Waals surface area (Å²) in [6.45, 7) is 10.9. The van der Waals surface area contributed by atoms with Crippen molar-refractivity contribution in [2.45, 2.75) is 32.9 Å². The summed E-state index contributed by atoms with van der Waals surface area (Å²) in [7, 11) is 4.29. The lowest BCUT2D eigenvalue weighted by molar-refractivity contribution is 0.126. The molecule has 0 aliphatic carbocycles. The Morgan fingerprint density at radius 1 is 1.10 bits per heavy atom. The van der Waals surface area contributed by atoms with E-state index >= 15 is 0 Å². The second kappa shape index (κ2) is 9.11. The van der Waals surface area contributed by atoms with Gasteiger partial charge in [-0.25, -0.2) is 0 Å². The fourth-order valence-corrected chi connectivity index (χ4v) is 2.86. The van der Waals surface area contributed by atoms with Gasteiger partial charge < -0.3 is 10.2 Å². The first-order chi connectivity index (χ1) is 9.60. The van der Waals surface area contributed by atoms with Gasteiger partial charge in [0, 0.05) is 25.2 Å². The first kappa shape index (κ1) is 17.2. The number of hydrogen-bond acceptors (Lipinski definition) is 3. The van der Waals surface area contributed by atoms with E-state index in [0.717, 1.165) is 26.2 Å². The minimum Gasteiger partial charge on any atom is -0.315 e. The summed E-state index contributed by atoms with van der Waals surface area (Å²) < 4.78 is 0. The Bertz CT molecular complexity index is 351. The summed E-state index contributed by atoms with van der Waals surface area (Å²) in [4.78, 5) is 4.86. The molecule has 1 aromatic rings. The molecule has 0 radical (unpaired) electrons. The first-order valence-corrected chi connectivity index (χ1v) is 7.76. The van der Waals surface area contributed by atoms with Crippen LogP contribution >= 0.6 is 0 Å². The fraction of sp³-hybridized carbons (Fsp3) is 0.647. The minimum absolute atomic E-state index is 0.441. The summed E-state index contributed by atoms with van der Waals surface area (Å²) >= 11 is 0. The van der Waals surface area contributed by atoms with Crippen LogP contribution < -0.4 is 5.32 Å². The molecule has 0 aliphatic rings. The highest BCUT2D eigenvalue weighted by Gasteiger charge is 2.23. The van der Waals surface area contributed by atoms with Crippen molar-refractivity contribution in [2.24, 2.45) is 0 Å². The van der Waals surface area contributed by atoms with Crippen LogP contribution in [0, 0.1) is 0 Å². The van der Waals surface area contributed by atoms with Crippen LogP contribution in [0.3, 0.4) is 0 Å². The van der Waals surface area contributed by atoms with E-state index in [1.165, 1.54) is 5.56 Å². The molecule has 0 aromatic heterocycles. The molecule has 114 valence electrons. The van der Waals surface area contributed by atoms with E-state index in [-0.39, 0.29) is 0 Å². The zero-order valence-corrected chi connectivity index (χ0v) is 13.8. The number of likely N-dealkylation sites (N-methyl/N-ethyl adjacent to an activating group) is 3. The lowest BCUT2D eigenvalue weighted by Crippen LogP contribution is -2.45. The molecule has 0 spiro atoms. The smallest absolute Gasteiger partial charge is 0.0475 e. The van der Waals surface area contributed by atoms with Gasteiger partial charge in [-0.2, -0.15) is 0 Å². The van der Waals surface area contributed by atoms with E-state index in [4.69, 9.17) is 0 Å². The predicted octanol–water partition coefficient (Wildman–Crippen LogP) is 2.61. The third-order valence-electron chi connectivity index (χ3n) is 3.73. The third kappa shape index (κ3) is 5.23. The van der Waals surface area contributed by atoms with Crippen molar-refractivity contribution in [2.75, 3.05) is 40.3 Å². The van der Waals surface area contributed by atoms with E-state index in [0.29, 0.717) is 12.1 Å². The molecule has 1 rings (SSSR count). The molecular formula is C17H31N3. The first-order valence-electron chi connectivity index (χ1n) is 7.76. The van der Waals surface area contributed by atoms with Crippen LogP contribution in [0.5, 0.6) is 0 Å². The quantitative estimate of drug-likeness (QED) is 0.748. The largest absolute Gasteiger partial charge is 0.315 e. The van der Waals surface area contributed by atoms with Gasteiger partial charge in [0.15, 0.2) is 0 Å². The van der Waals surface area contributed by atoms with Gasteiger partial charge in [0.25, 0.3) is 0 Å². The van der Waals surface area contributed by atoms with Crippen molar-refractivity contribution in [3.63, 3.8) is 0 Å². The SMILES string of the molecule is CCNCC(c1ccccc1)N(CC)C(C)CN(C)C. The van der Waals surface area contributed by atoms with Crippen LogP contribution in [0.4, 0.5) is 0 Å². The van der Waals surface area contributed by atoms with Gasteiger partial charge in [0.1, 0.15) is 0 Å². The topological polar surface area (TPSA) is 18.5 Å². The number of hydrogen-bond donors (Lipinski definition) is 1. The van der Waals surface area contributed by atoms with E-state index < -0.39 is 0 Å². The van der Waals surface area contributed by atoms with E-state index in [1.807, 2.05) is 0 Å². The van der Waals surface area contributed by atoms with Crippen molar-refractivity contribution >= 4 is 0 Å². The van der Waals surface area contributed by atoms with E-state index in [2.05, 4.69) is 80.3 Å². The monoisotopic (exact) mass is 277 g/mol. The van der Waals surface area contributed by atoms with Gasteiger partial charge in [-0.1, -0.05) is 44.2 Å². The molecule has 3 nitrogen and oxygen atoms in total. The average molecular weight is 277 g/mol. The van der Waals surface area contributed by atoms with Crippen LogP contribution in [-0.2, 0) is 0 Å². The fourth-order valence-electron chi connectivity index (χ4n) is 2.86. The van der Waals surface area contributed by atoms with Crippen molar-refractivity contribution in [3.05, 3.63) is 35.9 Å². The van der Waals surface area contributed by atoms with Crippen LogP contribution in [0.25, 0.3) is 0 Å². The number of nitrogens with zero attached hydrogens (tertiary/aromatic N) is 2. The van der Waals surface area contributed by atoms with Crippen LogP contribution in [-0.4, -0.2) is 56.1 Å². The maximum absolute atomic E-state index is 3.51. The number of nitrogens with one attached hydrogen (secondary N) is 1. The third-order valence-corrected chi connectivity index (χ3v) is 3.73. The molecule has 0 saturated heterocycles. The Balaban J connectivity index is 2.89. The molecule has 0 amide bonds. The number of benzene rings is 1. The molecular weight excluding hydrogens is 246 g/mol. The zero-order valence-electron chi connectivity index (χ0n) is 13.8. The zero-order chi connectivity index (χ0) is 15.0. The van der Waals surface area contributed by atoms with Crippen molar-refractivity contribution in [3.8, 4) is 0 Å². The second-order valence-corrected chi connectivity index (χ2v) is 5.68. The molecule has 3 heteroatoms. The highest BCUT2D eigenvalue weighted by atomic mass is 15.2. The second-order valence-electron chi connectivity index (χ2n) is 5.68. The van der Waals surface area contributed by atoms with Gasteiger partial charge in [-0.05, 0) is 39.7 Å². The van der Waals surface area contributed by atoms with E-state index in [9.17, 15) is 0 Å². The molecule has 0 heterocycles. The highest BCUT2D eigenvalue weighted by molar-refractivity contribution is 5.19. The lowest BCUT2D eigenvalue weighted by atomic mass is 10.0. The molecule has 0 fully saturated rings. The molecule has 20 heavy (non-hydrogen) atoms. The molecule has 2 atom stereocenters. The summed E-state index contributed by atoms with van der Waals surface area (Å²) in [5.41, 5.74) is 1.40. The van der Waals surface area contributed by atoms with Gasteiger partial charge in [-0.3, -0.25) is 4.90 Å². The molecule has 0 aliphatic heterocycles. The average Bonchev–Trinajstić information content (AvgIpc) is 2.43. The minimum atomic E-state index is 0.441. The van der Waals surface area contributed by atoms with Crippen LogP contribution in [0.1, 0.15) is 32.4 Å². The molecule has 2 unspecified atom stereocenters. The van der Waals surface area contributed by atoms with Gasteiger partial charge in [-0.15, -0.1) is 0 Å². The predicted molar refractivity (Wildman–Crippen MR) is 88.1 cm³/mol. The van der Waals surface area contributed by atoms with Crippen molar-refractivity contribution < 1.29 is 0 Å². The summed E-state index contributed by atoms with van der Waals surface area (Å²) in [5.74, 6) is 0. The Hall–Kier alpha value is -0.900. The van der Waals surface area contributed by atoms with Crippen LogP contribution in [0.15, 0.2) is 30.3 Å². The Morgan fingerprint density at radius 3 is 2.25 bits per heavy atom. The standard InChI is InChI=1S/C17H31N3/c1-6-18-13-17(16-11-9-8-10-12-16)20(7-2)15(3)14-19(4)5/h8-12,15,17-18H,6-7,13-14H2,1-5H3. The maximum Gasteiger partial charge on any atom is 0.0475 e. The number of rotatable bonds is 9. The normalized spacial score (nSPS) is 14.8. The van der Waals surface area contributed by atoms with Crippen LogP contribution in [0.2, 0.25) is 0 Å². The van der Waals surface area contributed by atoms with Gasteiger partial charge >= 0.3 is 0 Å². The lowest BCUT2D eigenvalue weighted by Gasteiger charge is -2.37. The molecule has 1 N–H and O–H groups in total. The summed E-state index contributed by atoms with van der Waals surface area (Å²) in [6, 6.07) is 11.8. The summed E-state index contributed by atoms with van der Waals surface area (Å²) in [6.07, 6.45) is 0. The Kier molecular flexibility index (Phi) is 7.82. The van der Waals surface area contributed by atoms with Gasteiger partial charge in [0.05, 0.1) is 0 Å².